The lowest BCUT2D eigenvalue weighted by Crippen LogP contribution is -2.65. The first-order valence-corrected chi connectivity index (χ1v) is 14.7. The summed E-state index contributed by atoms with van der Waals surface area (Å²) >= 11 is 0. The highest BCUT2D eigenvalue weighted by Crippen LogP contribution is 2.56. The maximum atomic E-state index is 13.7. The number of nitrogens with two attached hydrogens (primary N) is 1. The third-order valence-corrected chi connectivity index (χ3v) is 10.3. The van der Waals surface area contributed by atoms with E-state index >= 15 is 0 Å². The van der Waals surface area contributed by atoms with E-state index in [0.717, 1.165) is 58.0 Å². The molecule has 0 spiro atoms. The average Bonchev–Trinajstić information content (AvgIpc) is 3.22. The van der Waals surface area contributed by atoms with Crippen molar-refractivity contribution in [1.29, 1.82) is 0 Å². The molecule has 7 heteroatoms. The van der Waals surface area contributed by atoms with Gasteiger partial charge in [-0.1, -0.05) is 62.8 Å². The molecule has 0 aromatic heterocycles. The van der Waals surface area contributed by atoms with Crippen molar-refractivity contribution >= 4 is 13.0 Å². The predicted molar refractivity (Wildman–Crippen MR) is 144 cm³/mol. The van der Waals surface area contributed by atoms with Gasteiger partial charge >= 0.3 is 7.12 Å². The third-order valence-electron chi connectivity index (χ3n) is 10.3. The largest absolute Gasteiger partial charge is 0.456 e. The molecule has 5 N–H and O–H groups in total. The zero-order valence-electron chi connectivity index (χ0n) is 21.9. The zero-order chi connectivity index (χ0) is 25.1. The second kappa shape index (κ2) is 11.5. The number of hydrogen-bond donors (Lipinski definition) is 4. The number of benzene rings is 1. The minimum absolute atomic E-state index is 0.0218. The van der Waals surface area contributed by atoms with Crippen molar-refractivity contribution in [2.75, 3.05) is 13.1 Å². The van der Waals surface area contributed by atoms with Crippen molar-refractivity contribution in [2.45, 2.75) is 114 Å². The molecule has 1 aromatic rings. The number of carbonyl (C=O) groups is 1. The van der Waals surface area contributed by atoms with Gasteiger partial charge in [-0.25, -0.2) is 0 Å². The molecule has 2 aliphatic carbocycles. The van der Waals surface area contributed by atoms with Crippen molar-refractivity contribution in [3.05, 3.63) is 35.4 Å². The summed E-state index contributed by atoms with van der Waals surface area (Å²) < 4.78 is 0. The van der Waals surface area contributed by atoms with Gasteiger partial charge in [0.1, 0.15) is 0 Å². The first-order valence-electron chi connectivity index (χ1n) is 14.7. The van der Waals surface area contributed by atoms with Gasteiger partial charge in [0.05, 0.1) is 6.04 Å². The summed E-state index contributed by atoms with van der Waals surface area (Å²) in [6.07, 6.45) is 14.7. The number of amides is 1. The van der Waals surface area contributed by atoms with Crippen LogP contribution in [-0.4, -0.2) is 53.1 Å². The van der Waals surface area contributed by atoms with Crippen molar-refractivity contribution in [2.24, 2.45) is 17.1 Å². The van der Waals surface area contributed by atoms with Crippen LogP contribution in [0.2, 0.25) is 5.82 Å². The first kappa shape index (κ1) is 26.2. The van der Waals surface area contributed by atoms with E-state index in [2.05, 4.69) is 34.5 Å². The Morgan fingerprint density at radius 2 is 1.75 bits per heavy atom. The molecule has 0 radical (unpaired) electrons. The Morgan fingerprint density at radius 3 is 2.44 bits per heavy atom. The molecule has 36 heavy (non-hydrogen) atoms. The van der Waals surface area contributed by atoms with E-state index in [1.807, 2.05) is 0 Å². The van der Waals surface area contributed by atoms with E-state index in [0.29, 0.717) is 18.4 Å². The van der Waals surface area contributed by atoms with Gasteiger partial charge in [0, 0.05) is 31.5 Å². The van der Waals surface area contributed by atoms with Gasteiger partial charge < -0.3 is 26.0 Å². The number of piperidine rings is 2. The number of rotatable bonds is 5. The molecule has 4 unspecified atom stereocenters. The molecule has 198 valence electrons. The lowest BCUT2D eigenvalue weighted by atomic mass is 9.48. The topological polar surface area (TPSA) is 98.8 Å². The number of fused-ring (bicyclic) bond motifs is 1. The average molecular weight is 496 g/mol. The second-order valence-corrected chi connectivity index (χ2v) is 12.2. The lowest BCUT2D eigenvalue weighted by molar-refractivity contribution is -0.137. The van der Waals surface area contributed by atoms with Crippen LogP contribution in [0.25, 0.3) is 0 Å². The Morgan fingerprint density at radius 1 is 1.00 bits per heavy atom. The van der Waals surface area contributed by atoms with Gasteiger partial charge in [-0.15, -0.1) is 0 Å². The molecule has 4 fully saturated rings. The van der Waals surface area contributed by atoms with Crippen LogP contribution in [0.15, 0.2) is 24.3 Å². The predicted octanol–water partition coefficient (Wildman–Crippen LogP) is 3.96. The Kier molecular flexibility index (Phi) is 8.41. The van der Waals surface area contributed by atoms with Crippen molar-refractivity contribution < 1.29 is 14.8 Å². The smallest absolute Gasteiger partial charge is 0.427 e. The summed E-state index contributed by atoms with van der Waals surface area (Å²) in [4.78, 5) is 15.8. The maximum Gasteiger partial charge on any atom is 0.456 e. The third kappa shape index (κ3) is 5.27. The number of likely N-dealkylation sites (tertiary alicyclic amines) is 1. The summed E-state index contributed by atoms with van der Waals surface area (Å²) in [7, 11) is -1.32. The van der Waals surface area contributed by atoms with E-state index in [4.69, 9.17) is 5.73 Å². The molecule has 4 aliphatic rings. The van der Waals surface area contributed by atoms with E-state index < -0.39 is 7.12 Å². The number of carbonyl (C=O) groups excluding carboxylic acids is 1. The fourth-order valence-electron chi connectivity index (χ4n) is 8.36. The summed E-state index contributed by atoms with van der Waals surface area (Å²) in [5, 5.41) is 24.5. The summed E-state index contributed by atoms with van der Waals surface area (Å²) in [6.45, 7) is 2.14. The monoisotopic (exact) mass is 495 g/mol. The van der Waals surface area contributed by atoms with Crippen molar-refractivity contribution in [1.82, 2.24) is 10.2 Å². The molecule has 2 saturated carbocycles. The fraction of sp³-hybridized carbons (Fsp3) is 0.759. The van der Waals surface area contributed by atoms with Gasteiger partial charge in [0.2, 0.25) is 5.91 Å². The van der Waals surface area contributed by atoms with Crippen molar-refractivity contribution in [3.8, 4) is 0 Å². The van der Waals surface area contributed by atoms with Crippen LogP contribution in [-0.2, 0) is 11.3 Å². The normalized spacial score (nSPS) is 32.5. The van der Waals surface area contributed by atoms with E-state index in [-0.39, 0.29) is 29.2 Å². The van der Waals surface area contributed by atoms with Crippen LogP contribution in [0.5, 0.6) is 0 Å². The van der Waals surface area contributed by atoms with E-state index in [1.54, 1.807) is 0 Å². The van der Waals surface area contributed by atoms with Crippen LogP contribution in [0.1, 0.15) is 101 Å². The van der Waals surface area contributed by atoms with Crippen LogP contribution in [0.3, 0.4) is 0 Å². The zero-order valence-corrected chi connectivity index (χ0v) is 21.9. The van der Waals surface area contributed by atoms with Gasteiger partial charge in [-0.2, -0.15) is 0 Å². The molecule has 2 heterocycles. The lowest BCUT2D eigenvalue weighted by Gasteiger charge is -2.57. The minimum atomic E-state index is -1.32. The Hall–Kier alpha value is -1.41. The Balaban J connectivity index is 1.26. The number of nitrogens with one attached hydrogen (secondary N) is 1. The summed E-state index contributed by atoms with van der Waals surface area (Å²) in [5.41, 5.74) is 8.46. The number of hydrogen-bond acceptors (Lipinski definition) is 5. The molecule has 2 aliphatic heterocycles. The van der Waals surface area contributed by atoms with Gasteiger partial charge in [-0.05, 0) is 73.3 Å². The van der Waals surface area contributed by atoms with Gasteiger partial charge in [-0.3, -0.25) is 4.79 Å². The van der Waals surface area contributed by atoms with Crippen LogP contribution >= 0.6 is 0 Å². The minimum Gasteiger partial charge on any atom is -0.427 e. The molecule has 1 aromatic carbocycles. The maximum absolute atomic E-state index is 13.7. The van der Waals surface area contributed by atoms with Gasteiger partial charge in [0.25, 0.3) is 0 Å². The molecule has 1 amide bonds. The molecule has 0 bridgehead atoms. The molecule has 6 nitrogen and oxygen atoms in total. The standard InChI is InChI=1S/C29H46BN3O3/c31-20-21-7-5-8-23(19-21)22-13-17-33(18-14-22)28(34)26-12-16-29(24-9-3-1-2-4-10-24)15-6-11-25(30(35)36)27(29)32-26/h5,7-8,19,22,24-27,32,35-36H,1-4,6,9-18,20,31H2. The van der Waals surface area contributed by atoms with Crippen LogP contribution in [0, 0.1) is 11.3 Å². The van der Waals surface area contributed by atoms with E-state index in [9.17, 15) is 14.8 Å². The molecular weight excluding hydrogens is 449 g/mol. The molecule has 2 saturated heterocycles. The SMILES string of the molecule is NCc1cccc(C2CCN(C(=O)C3CCC4(C5CCCCCC5)CCCC(B(O)O)C4N3)CC2)c1. The summed E-state index contributed by atoms with van der Waals surface area (Å²) in [6, 6.07) is 8.41. The molecule has 4 atom stereocenters. The molecular formula is C29H46BN3O3. The van der Waals surface area contributed by atoms with Crippen molar-refractivity contribution in [3.63, 3.8) is 0 Å². The molecule has 5 rings (SSSR count). The fourth-order valence-corrected chi connectivity index (χ4v) is 8.36. The highest BCUT2D eigenvalue weighted by Gasteiger charge is 2.55. The Labute approximate surface area is 217 Å². The first-order chi connectivity index (χ1) is 17.5. The number of nitrogens with zero attached hydrogens (tertiary/aromatic N) is 1. The van der Waals surface area contributed by atoms with Crippen LogP contribution < -0.4 is 11.1 Å². The van der Waals surface area contributed by atoms with E-state index in [1.165, 1.54) is 49.7 Å². The highest BCUT2D eigenvalue weighted by atomic mass is 16.4. The quantitative estimate of drug-likeness (QED) is 0.366. The summed E-state index contributed by atoms with van der Waals surface area (Å²) in [5.74, 6) is 1.15. The van der Waals surface area contributed by atoms with Gasteiger partial charge in [0.15, 0.2) is 0 Å². The highest BCUT2D eigenvalue weighted by molar-refractivity contribution is 6.43. The van der Waals surface area contributed by atoms with Crippen LogP contribution in [0.4, 0.5) is 0 Å². The Bertz CT molecular complexity index is 882. The second-order valence-electron chi connectivity index (χ2n) is 12.2.